The maximum absolute atomic E-state index is 13.1. The number of nitrogens with zero attached hydrogens (tertiary/aromatic N) is 2. The van der Waals surface area contributed by atoms with Crippen LogP contribution < -0.4 is 0 Å². The van der Waals surface area contributed by atoms with Crippen molar-refractivity contribution in [2.75, 3.05) is 32.7 Å². The van der Waals surface area contributed by atoms with Crippen LogP contribution in [0.25, 0.3) is 0 Å². The van der Waals surface area contributed by atoms with E-state index >= 15 is 0 Å². The Bertz CT molecular complexity index is 548. The molecule has 2 heterocycles. The molecule has 0 spiro atoms. The van der Waals surface area contributed by atoms with E-state index in [1.54, 1.807) is 12.1 Å². The Hall–Kier alpha value is -1.23. The third-order valence-corrected chi connectivity index (χ3v) is 4.89. The van der Waals surface area contributed by atoms with Crippen molar-refractivity contribution < 1.29 is 4.39 Å². The van der Waals surface area contributed by atoms with Gasteiger partial charge in [-0.15, -0.1) is 11.3 Å². The summed E-state index contributed by atoms with van der Waals surface area (Å²) in [7, 11) is 0. The van der Waals surface area contributed by atoms with Crippen LogP contribution in [0, 0.1) is 5.82 Å². The average Bonchev–Trinajstić information content (AvgIpc) is 3.00. The van der Waals surface area contributed by atoms with Gasteiger partial charge in [-0.05, 0) is 35.6 Å². The quantitative estimate of drug-likeness (QED) is 0.836. The monoisotopic (exact) mass is 304 g/mol. The molecular formula is C17H21FN2S. The van der Waals surface area contributed by atoms with Crippen molar-refractivity contribution >= 4 is 11.3 Å². The minimum Gasteiger partial charge on any atom is -0.300 e. The first-order valence-electron chi connectivity index (χ1n) is 7.51. The highest BCUT2D eigenvalue weighted by Gasteiger charge is 2.16. The van der Waals surface area contributed by atoms with Gasteiger partial charge in [0.05, 0.1) is 0 Å². The van der Waals surface area contributed by atoms with Crippen LogP contribution in [0.5, 0.6) is 0 Å². The van der Waals surface area contributed by atoms with Gasteiger partial charge in [0.1, 0.15) is 5.82 Å². The Kier molecular flexibility index (Phi) is 5.01. The average molecular weight is 304 g/mol. The zero-order valence-corrected chi connectivity index (χ0v) is 13.0. The summed E-state index contributed by atoms with van der Waals surface area (Å²) in [4.78, 5) is 6.45. The van der Waals surface area contributed by atoms with E-state index in [1.807, 2.05) is 17.4 Å². The first kappa shape index (κ1) is 14.7. The molecule has 0 radical (unpaired) electrons. The second-order valence-corrected chi connectivity index (χ2v) is 6.61. The lowest BCUT2D eigenvalue weighted by atomic mass is 10.1. The van der Waals surface area contributed by atoms with Crippen LogP contribution in [0.4, 0.5) is 4.39 Å². The normalized spacial score (nSPS) is 17.2. The highest BCUT2D eigenvalue weighted by atomic mass is 32.1. The molecule has 4 heteroatoms. The van der Waals surface area contributed by atoms with Gasteiger partial charge < -0.3 is 4.90 Å². The number of halogens is 1. The molecule has 1 aromatic carbocycles. The second kappa shape index (κ2) is 7.16. The van der Waals surface area contributed by atoms with Crippen LogP contribution in [0.3, 0.4) is 0 Å². The largest absolute Gasteiger partial charge is 0.300 e. The van der Waals surface area contributed by atoms with E-state index in [9.17, 15) is 4.39 Å². The number of benzene rings is 1. The lowest BCUT2D eigenvalue weighted by molar-refractivity contribution is 0.129. The van der Waals surface area contributed by atoms with Crippen molar-refractivity contribution in [2.24, 2.45) is 0 Å². The van der Waals surface area contributed by atoms with E-state index in [4.69, 9.17) is 0 Å². The predicted octanol–water partition coefficient (Wildman–Crippen LogP) is 3.25. The van der Waals surface area contributed by atoms with Gasteiger partial charge in [-0.3, -0.25) is 4.90 Å². The van der Waals surface area contributed by atoms with Crippen LogP contribution in [0.15, 0.2) is 41.8 Å². The van der Waals surface area contributed by atoms with E-state index < -0.39 is 0 Å². The minimum atomic E-state index is -0.131. The first-order chi connectivity index (χ1) is 10.3. The Morgan fingerprint density at radius 2 is 1.81 bits per heavy atom. The summed E-state index contributed by atoms with van der Waals surface area (Å²) in [5.74, 6) is -0.131. The minimum absolute atomic E-state index is 0.131. The van der Waals surface area contributed by atoms with Gasteiger partial charge >= 0.3 is 0 Å². The van der Waals surface area contributed by atoms with Gasteiger partial charge in [-0.25, -0.2) is 4.39 Å². The molecule has 1 fully saturated rings. The van der Waals surface area contributed by atoms with E-state index in [1.165, 1.54) is 10.9 Å². The summed E-state index contributed by atoms with van der Waals surface area (Å²) < 4.78 is 13.1. The molecule has 0 N–H and O–H groups in total. The first-order valence-corrected chi connectivity index (χ1v) is 8.39. The maximum atomic E-state index is 13.1. The number of piperazine rings is 1. The molecule has 0 amide bonds. The molecule has 1 aliphatic heterocycles. The lowest BCUT2D eigenvalue weighted by Gasteiger charge is -2.34. The SMILES string of the molecule is Fc1cccc(CCN2CCN(Cc3cccs3)CC2)c1. The fourth-order valence-electron chi connectivity index (χ4n) is 2.77. The predicted molar refractivity (Wildman–Crippen MR) is 86.1 cm³/mol. The van der Waals surface area contributed by atoms with Crippen LogP contribution in [-0.2, 0) is 13.0 Å². The number of rotatable bonds is 5. The van der Waals surface area contributed by atoms with Crippen molar-refractivity contribution in [3.05, 3.63) is 58.0 Å². The number of thiophene rings is 1. The Labute approximate surface area is 129 Å². The van der Waals surface area contributed by atoms with Gasteiger partial charge in [-0.2, -0.15) is 0 Å². The van der Waals surface area contributed by atoms with Crippen LogP contribution in [-0.4, -0.2) is 42.5 Å². The summed E-state index contributed by atoms with van der Waals surface area (Å²) in [5.41, 5.74) is 1.09. The van der Waals surface area contributed by atoms with Crippen molar-refractivity contribution in [3.8, 4) is 0 Å². The third kappa shape index (κ3) is 4.37. The van der Waals surface area contributed by atoms with Crippen molar-refractivity contribution in [1.82, 2.24) is 9.80 Å². The van der Waals surface area contributed by atoms with Crippen molar-refractivity contribution in [3.63, 3.8) is 0 Å². The fraction of sp³-hybridized carbons (Fsp3) is 0.412. The Balaban J connectivity index is 1.41. The summed E-state index contributed by atoms with van der Waals surface area (Å²) in [5, 5.41) is 2.14. The molecule has 3 rings (SSSR count). The molecule has 0 bridgehead atoms. The van der Waals surface area contributed by atoms with Gasteiger partial charge in [0.15, 0.2) is 0 Å². The van der Waals surface area contributed by atoms with E-state index in [-0.39, 0.29) is 5.82 Å². The van der Waals surface area contributed by atoms with E-state index in [0.717, 1.165) is 51.3 Å². The topological polar surface area (TPSA) is 6.48 Å². The smallest absolute Gasteiger partial charge is 0.123 e. The molecule has 1 aliphatic rings. The third-order valence-electron chi connectivity index (χ3n) is 4.03. The van der Waals surface area contributed by atoms with Gasteiger partial charge in [0.2, 0.25) is 0 Å². The van der Waals surface area contributed by atoms with Crippen molar-refractivity contribution in [2.45, 2.75) is 13.0 Å². The molecule has 2 aromatic rings. The molecule has 0 aliphatic carbocycles. The molecule has 112 valence electrons. The van der Waals surface area contributed by atoms with Gasteiger partial charge in [-0.1, -0.05) is 18.2 Å². The second-order valence-electron chi connectivity index (χ2n) is 5.58. The summed E-state index contributed by atoms with van der Waals surface area (Å²) in [6.45, 7) is 6.58. The molecule has 21 heavy (non-hydrogen) atoms. The van der Waals surface area contributed by atoms with Crippen LogP contribution in [0.1, 0.15) is 10.4 Å². The zero-order valence-electron chi connectivity index (χ0n) is 12.2. The molecule has 0 unspecified atom stereocenters. The van der Waals surface area contributed by atoms with Crippen LogP contribution in [0.2, 0.25) is 0 Å². The molecule has 1 saturated heterocycles. The fourth-order valence-corrected chi connectivity index (χ4v) is 3.52. The lowest BCUT2D eigenvalue weighted by Crippen LogP contribution is -2.46. The summed E-state index contributed by atoms with van der Waals surface area (Å²) >= 11 is 1.84. The van der Waals surface area contributed by atoms with Gasteiger partial charge in [0, 0.05) is 44.1 Å². The highest BCUT2D eigenvalue weighted by Crippen LogP contribution is 2.14. The molecule has 0 saturated carbocycles. The van der Waals surface area contributed by atoms with Crippen molar-refractivity contribution in [1.29, 1.82) is 0 Å². The number of hydrogen-bond acceptors (Lipinski definition) is 3. The Morgan fingerprint density at radius 3 is 2.52 bits per heavy atom. The number of hydrogen-bond donors (Lipinski definition) is 0. The molecule has 1 aromatic heterocycles. The van der Waals surface area contributed by atoms with E-state index in [2.05, 4.69) is 27.3 Å². The summed E-state index contributed by atoms with van der Waals surface area (Å²) in [6.07, 6.45) is 0.933. The summed E-state index contributed by atoms with van der Waals surface area (Å²) in [6, 6.07) is 11.3. The molecule has 2 nitrogen and oxygen atoms in total. The highest BCUT2D eigenvalue weighted by molar-refractivity contribution is 7.09. The standard InChI is InChI=1S/C17H21FN2S/c18-16-4-1-3-15(13-16)6-7-19-8-10-20(11-9-19)14-17-5-2-12-21-17/h1-5,12-13H,6-11,14H2. The molecular weight excluding hydrogens is 283 g/mol. The maximum Gasteiger partial charge on any atom is 0.123 e. The van der Waals surface area contributed by atoms with E-state index in [0.29, 0.717) is 0 Å². The molecule has 0 atom stereocenters. The van der Waals surface area contributed by atoms with Gasteiger partial charge in [0.25, 0.3) is 0 Å². The zero-order chi connectivity index (χ0) is 14.5. The van der Waals surface area contributed by atoms with Crippen LogP contribution >= 0.6 is 11.3 Å². The Morgan fingerprint density at radius 1 is 1.00 bits per heavy atom.